The average Bonchev–Trinajstić information content (AvgIpc) is 2.45. The number of hydrogen-bond acceptors (Lipinski definition) is 3. The zero-order valence-corrected chi connectivity index (χ0v) is 16.9. The maximum absolute atomic E-state index is 8.89. The maximum Gasteiger partial charge on any atom is 0.143 e. The van der Waals surface area contributed by atoms with Crippen molar-refractivity contribution in [3.05, 3.63) is 35.3 Å². The topological polar surface area (TPSA) is 38.7 Å². The van der Waals surface area contributed by atoms with Gasteiger partial charge in [-0.3, -0.25) is 0 Å². The molecule has 3 nitrogen and oxygen atoms in total. The van der Waals surface area contributed by atoms with Gasteiger partial charge in [0.1, 0.15) is 11.5 Å². The highest BCUT2D eigenvalue weighted by atomic mass is 17.1. The van der Waals surface area contributed by atoms with Crippen LogP contribution in [0.5, 0.6) is 0 Å². The minimum atomic E-state index is -0.220. The minimum Gasteiger partial charge on any atom is -0.493 e. The molecule has 0 atom stereocenters. The highest BCUT2D eigenvalue weighted by Gasteiger charge is 2.20. The predicted molar refractivity (Wildman–Crippen MR) is 100 cm³/mol. The van der Waals surface area contributed by atoms with Crippen molar-refractivity contribution in [3.8, 4) is 0 Å². The van der Waals surface area contributed by atoms with Gasteiger partial charge in [0.15, 0.2) is 0 Å². The Morgan fingerprint density at radius 2 is 1.61 bits per heavy atom. The molecule has 0 saturated carbocycles. The molecule has 1 aliphatic rings. The molecule has 3 heteroatoms. The molecular weight excluding hydrogens is 288 g/mol. The van der Waals surface area contributed by atoms with Gasteiger partial charge in [-0.1, -0.05) is 67.9 Å². The van der Waals surface area contributed by atoms with Gasteiger partial charge < -0.3 is 9.62 Å². The van der Waals surface area contributed by atoms with Gasteiger partial charge in [-0.25, -0.2) is 5.26 Å². The molecule has 0 radical (unpaired) electrons. The summed E-state index contributed by atoms with van der Waals surface area (Å²) in [6.07, 6.45) is 6.58. The van der Waals surface area contributed by atoms with E-state index in [1.165, 1.54) is 0 Å². The second kappa shape index (κ2) is 11.3. The van der Waals surface area contributed by atoms with Crippen molar-refractivity contribution in [1.82, 2.24) is 0 Å². The number of allylic oxidation sites excluding steroid dienone is 4. The van der Waals surface area contributed by atoms with Crippen LogP contribution in [-0.2, 0) is 9.62 Å². The second-order valence-corrected chi connectivity index (χ2v) is 7.09. The summed E-state index contributed by atoms with van der Waals surface area (Å²) in [5, 5.41) is 8.89. The first-order chi connectivity index (χ1) is 10.6. The second-order valence-electron chi connectivity index (χ2n) is 7.09. The van der Waals surface area contributed by atoms with Crippen LogP contribution in [0.25, 0.3) is 0 Å². The lowest BCUT2D eigenvalue weighted by Crippen LogP contribution is -2.16. The first-order valence-corrected chi connectivity index (χ1v) is 8.67. The van der Waals surface area contributed by atoms with E-state index in [1.807, 2.05) is 46.8 Å². The quantitative estimate of drug-likeness (QED) is 0.461. The Hall–Kier alpha value is -1.22. The Balaban J connectivity index is 0. The summed E-state index contributed by atoms with van der Waals surface area (Å²) < 4.78 is 5.91. The Morgan fingerprint density at radius 3 is 2.04 bits per heavy atom. The summed E-state index contributed by atoms with van der Waals surface area (Å²) in [5.41, 5.74) is 1.00. The summed E-state index contributed by atoms with van der Waals surface area (Å²) in [7, 11) is 0. The molecule has 0 aliphatic heterocycles. The van der Waals surface area contributed by atoms with Crippen LogP contribution in [0.2, 0.25) is 0 Å². The Labute approximate surface area is 144 Å². The lowest BCUT2D eigenvalue weighted by molar-refractivity contribution is -0.205. The molecule has 0 aromatic heterocycles. The fourth-order valence-electron chi connectivity index (χ4n) is 1.93. The fraction of sp³-hybridized carbons (Fsp3) is 0.700. The highest BCUT2D eigenvalue weighted by Crippen LogP contribution is 2.30. The zero-order valence-electron chi connectivity index (χ0n) is 16.9. The van der Waals surface area contributed by atoms with Crippen LogP contribution < -0.4 is 0 Å². The van der Waals surface area contributed by atoms with E-state index >= 15 is 0 Å². The van der Waals surface area contributed by atoms with Gasteiger partial charge in [0.05, 0.1) is 6.61 Å². The summed E-state index contributed by atoms with van der Waals surface area (Å²) in [6.45, 7) is 21.2. The molecule has 23 heavy (non-hydrogen) atoms. The highest BCUT2D eigenvalue weighted by molar-refractivity contribution is 5.28. The van der Waals surface area contributed by atoms with E-state index in [0.29, 0.717) is 18.8 Å². The lowest BCUT2D eigenvalue weighted by atomic mass is 9.89. The number of ether oxygens (including phenoxy) is 1. The molecule has 0 saturated heterocycles. The third-order valence-corrected chi connectivity index (χ3v) is 2.68. The maximum atomic E-state index is 8.89. The molecule has 0 bridgehead atoms. The molecule has 0 heterocycles. The molecular formula is C20H38O3. The van der Waals surface area contributed by atoms with E-state index in [4.69, 9.17) is 9.99 Å². The van der Waals surface area contributed by atoms with Gasteiger partial charge in [0.25, 0.3) is 0 Å². The van der Waals surface area contributed by atoms with Crippen LogP contribution in [0.15, 0.2) is 35.3 Å². The summed E-state index contributed by atoms with van der Waals surface area (Å²) >= 11 is 0. The first-order valence-electron chi connectivity index (χ1n) is 8.67. The predicted octanol–water partition coefficient (Wildman–Crippen LogP) is 6.74. The van der Waals surface area contributed by atoms with Crippen LogP contribution in [-0.4, -0.2) is 11.9 Å². The van der Waals surface area contributed by atoms with Gasteiger partial charge in [0, 0.05) is 11.8 Å². The molecule has 0 aromatic rings. The third kappa shape index (κ3) is 11.9. The van der Waals surface area contributed by atoms with Gasteiger partial charge in [-0.05, 0) is 30.6 Å². The van der Waals surface area contributed by atoms with Crippen LogP contribution >= 0.6 is 0 Å². The molecule has 1 rings (SSSR count). The van der Waals surface area contributed by atoms with Crippen molar-refractivity contribution in [2.24, 2.45) is 10.8 Å². The van der Waals surface area contributed by atoms with E-state index in [-0.39, 0.29) is 10.8 Å². The van der Waals surface area contributed by atoms with Gasteiger partial charge in [-0.15, -0.1) is 0 Å². The van der Waals surface area contributed by atoms with Crippen molar-refractivity contribution in [2.45, 2.75) is 75.7 Å². The van der Waals surface area contributed by atoms with Crippen LogP contribution in [0.4, 0.5) is 0 Å². The summed E-state index contributed by atoms with van der Waals surface area (Å²) in [6, 6.07) is 0. The Bertz CT molecular complexity index is 407. The summed E-state index contributed by atoms with van der Waals surface area (Å²) in [4.78, 5) is 4.43. The zero-order chi connectivity index (χ0) is 18.7. The molecule has 0 fully saturated rings. The van der Waals surface area contributed by atoms with E-state index in [1.54, 1.807) is 0 Å². The van der Waals surface area contributed by atoms with E-state index in [0.717, 1.165) is 11.3 Å². The smallest absolute Gasteiger partial charge is 0.143 e. The van der Waals surface area contributed by atoms with E-state index in [9.17, 15) is 0 Å². The van der Waals surface area contributed by atoms with Crippen LogP contribution in [0.3, 0.4) is 0 Å². The van der Waals surface area contributed by atoms with E-state index < -0.39 is 0 Å². The van der Waals surface area contributed by atoms with Crippen molar-refractivity contribution in [2.75, 3.05) is 6.61 Å². The van der Waals surface area contributed by atoms with Crippen molar-refractivity contribution in [3.63, 3.8) is 0 Å². The van der Waals surface area contributed by atoms with Gasteiger partial charge >= 0.3 is 0 Å². The molecule has 0 aromatic carbocycles. The Morgan fingerprint density at radius 1 is 1.09 bits per heavy atom. The van der Waals surface area contributed by atoms with Crippen molar-refractivity contribution in [1.29, 1.82) is 0 Å². The number of rotatable bonds is 3. The van der Waals surface area contributed by atoms with Gasteiger partial charge in [-0.2, -0.15) is 0 Å². The van der Waals surface area contributed by atoms with Crippen molar-refractivity contribution >= 4 is 0 Å². The van der Waals surface area contributed by atoms with Gasteiger partial charge in [0.2, 0.25) is 0 Å². The number of hydrogen-bond donors (Lipinski definition) is 1. The van der Waals surface area contributed by atoms with Crippen molar-refractivity contribution < 1.29 is 14.9 Å². The first kappa shape index (κ1) is 24.0. The SMILES string of the molecule is CC.CC.CC1=C/C(OCC(C)(C)C)=C\C(C)(C)/C=C(/OO)C1. The largest absolute Gasteiger partial charge is 0.493 e. The monoisotopic (exact) mass is 326 g/mol. The minimum absolute atomic E-state index is 0.129. The molecule has 136 valence electrons. The third-order valence-electron chi connectivity index (χ3n) is 2.68. The molecule has 0 unspecified atom stereocenters. The molecule has 1 aliphatic carbocycles. The lowest BCUT2D eigenvalue weighted by Gasteiger charge is -2.24. The molecule has 0 amide bonds. The molecule has 1 N–H and O–H groups in total. The molecule has 0 spiro atoms. The Kier molecular flexibility index (Phi) is 11.8. The normalized spacial score (nSPS) is 21.3. The van der Waals surface area contributed by atoms with Crippen LogP contribution in [0, 0.1) is 10.8 Å². The average molecular weight is 327 g/mol. The van der Waals surface area contributed by atoms with E-state index in [2.05, 4.69) is 45.6 Å². The standard InChI is InChI=1S/C16H26O3.2C2H6/c1-12-7-13(18-11-15(2,3)4)9-16(5,6)10-14(8-12)19-17;2*1-2/h7,9-10,17H,8,11H2,1-6H3;2*1-2H3/b12-7?,13-9+,14-10+;;. The van der Waals surface area contributed by atoms with Crippen LogP contribution in [0.1, 0.15) is 75.7 Å². The summed E-state index contributed by atoms with van der Waals surface area (Å²) in [5.74, 6) is 1.45. The fourth-order valence-corrected chi connectivity index (χ4v) is 1.93.